The highest BCUT2D eigenvalue weighted by atomic mass is 35.5. The van der Waals surface area contributed by atoms with E-state index in [-0.39, 0.29) is 10.3 Å². The van der Waals surface area contributed by atoms with Crippen molar-refractivity contribution < 1.29 is 13.0 Å². The number of rotatable bonds is 6. The predicted octanol–water partition coefficient (Wildman–Crippen LogP) is 3.27. The molecule has 1 unspecified atom stereocenters. The zero-order valence-electron chi connectivity index (χ0n) is 9.77. The van der Waals surface area contributed by atoms with Gasteiger partial charge in [0.05, 0.1) is 4.90 Å². The van der Waals surface area contributed by atoms with Crippen molar-refractivity contribution in [3.8, 4) is 0 Å². The van der Waals surface area contributed by atoms with E-state index >= 15 is 0 Å². The first-order chi connectivity index (χ1) is 7.93. The average Bonchev–Trinajstić information content (AvgIpc) is 2.28. The quantitative estimate of drug-likeness (QED) is 0.641. The van der Waals surface area contributed by atoms with Crippen molar-refractivity contribution in [1.82, 2.24) is 0 Å². The van der Waals surface area contributed by atoms with Crippen LogP contribution in [0.5, 0.6) is 0 Å². The number of hydrogen-bond donors (Lipinski definition) is 1. The fraction of sp³-hybridized carbons (Fsp3) is 0.500. The Morgan fingerprint density at radius 2 is 1.88 bits per heavy atom. The van der Waals surface area contributed by atoms with Crippen molar-refractivity contribution in [3.05, 3.63) is 29.8 Å². The lowest BCUT2D eigenvalue weighted by Crippen LogP contribution is -1.99. The van der Waals surface area contributed by atoms with E-state index in [1.807, 2.05) is 0 Å². The van der Waals surface area contributed by atoms with Crippen LogP contribution >= 0.6 is 11.6 Å². The van der Waals surface area contributed by atoms with Gasteiger partial charge in [0, 0.05) is 5.38 Å². The number of benzene rings is 1. The molecule has 17 heavy (non-hydrogen) atoms. The minimum Gasteiger partial charge on any atom is -0.282 e. The molecule has 0 bridgehead atoms. The summed E-state index contributed by atoms with van der Waals surface area (Å²) in [6.07, 6.45) is 3.77. The molecule has 0 aliphatic heterocycles. The monoisotopic (exact) mass is 276 g/mol. The summed E-state index contributed by atoms with van der Waals surface area (Å²) < 4.78 is 30.5. The molecular weight excluding hydrogens is 260 g/mol. The molecule has 1 atom stereocenters. The number of alkyl halides is 1. The largest absolute Gasteiger partial charge is 0.294 e. The van der Waals surface area contributed by atoms with E-state index in [1.165, 1.54) is 12.1 Å². The molecule has 0 saturated heterocycles. The highest BCUT2D eigenvalue weighted by molar-refractivity contribution is 7.85. The summed E-state index contributed by atoms with van der Waals surface area (Å²) in [5, 5.41) is 0.215. The van der Waals surface area contributed by atoms with E-state index in [2.05, 4.69) is 6.92 Å². The molecule has 0 aliphatic carbocycles. The van der Waals surface area contributed by atoms with Crippen LogP contribution in [0.15, 0.2) is 29.2 Å². The van der Waals surface area contributed by atoms with Gasteiger partial charge in [0.15, 0.2) is 0 Å². The molecule has 3 nitrogen and oxygen atoms in total. The molecule has 1 rings (SSSR count). The maximum absolute atomic E-state index is 10.8. The van der Waals surface area contributed by atoms with Crippen LogP contribution < -0.4 is 0 Å². The third-order valence-corrected chi connectivity index (χ3v) is 4.04. The first kappa shape index (κ1) is 14.5. The Kier molecular flexibility index (Phi) is 5.43. The van der Waals surface area contributed by atoms with Gasteiger partial charge in [-0.2, -0.15) is 8.42 Å². The fourth-order valence-electron chi connectivity index (χ4n) is 1.56. The maximum Gasteiger partial charge on any atom is 0.294 e. The summed E-state index contributed by atoms with van der Waals surface area (Å²) in [5.74, 6) is 0. The van der Waals surface area contributed by atoms with E-state index in [0.29, 0.717) is 0 Å². The highest BCUT2D eigenvalue weighted by Gasteiger charge is 2.08. The molecule has 0 aromatic heterocycles. The summed E-state index contributed by atoms with van der Waals surface area (Å²) in [6.45, 7) is 2.05. The van der Waals surface area contributed by atoms with Gasteiger partial charge in [-0.1, -0.05) is 19.1 Å². The third kappa shape index (κ3) is 5.06. The summed E-state index contributed by atoms with van der Waals surface area (Å²) in [7, 11) is -4.08. The summed E-state index contributed by atoms with van der Waals surface area (Å²) >= 11 is 6.00. The molecule has 1 N–H and O–H groups in total. The van der Waals surface area contributed by atoms with Gasteiger partial charge < -0.3 is 0 Å². The Morgan fingerprint density at radius 3 is 2.35 bits per heavy atom. The van der Waals surface area contributed by atoms with E-state index in [4.69, 9.17) is 16.2 Å². The van der Waals surface area contributed by atoms with Crippen LogP contribution in [0.2, 0.25) is 0 Å². The Hall–Kier alpha value is -0.580. The van der Waals surface area contributed by atoms with Crippen molar-refractivity contribution in [2.24, 2.45) is 0 Å². The Bertz CT molecular complexity index is 439. The van der Waals surface area contributed by atoms with Gasteiger partial charge in [-0.05, 0) is 43.4 Å². The van der Waals surface area contributed by atoms with Gasteiger partial charge in [-0.25, -0.2) is 0 Å². The predicted molar refractivity (Wildman–Crippen MR) is 69.1 cm³/mol. The molecule has 1 aromatic carbocycles. The van der Waals surface area contributed by atoms with Crippen molar-refractivity contribution in [1.29, 1.82) is 0 Å². The van der Waals surface area contributed by atoms with Crippen molar-refractivity contribution in [3.63, 3.8) is 0 Å². The molecule has 0 heterocycles. The van der Waals surface area contributed by atoms with Crippen LogP contribution in [0, 0.1) is 0 Å². The van der Waals surface area contributed by atoms with Gasteiger partial charge in [-0.15, -0.1) is 11.6 Å². The SMILES string of the molecule is CCC(Cl)CCCc1ccc(S(=O)(=O)O)cc1. The zero-order chi connectivity index (χ0) is 12.9. The second-order valence-corrected chi connectivity index (χ2v) is 6.06. The second kappa shape index (κ2) is 6.38. The molecule has 0 aliphatic rings. The summed E-state index contributed by atoms with van der Waals surface area (Å²) in [6, 6.07) is 6.28. The molecule has 0 amide bonds. The van der Waals surface area contributed by atoms with Crippen molar-refractivity contribution in [2.45, 2.75) is 42.9 Å². The molecule has 0 spiro atoms. The Morgan fingerprint density at radius 1 is 1.29 bits per heavy atom. The van der Waals surface area contributed by atoms with Gasteiger partial charge in [0.1, 0.15) is 0 Å². The lowest BCUT2D eigenvalue weighted by Gasteiger charge is -2.06. The molecule has 1 aromatic rings. The lowest BCUT2D eigenvalue weighted by molar-refractivity contribution is 0.483. The van der Waals surface area contributed by atoms with Gasteiger partial charge in [-0.3, -0.25) is 4.55 Å². The smallest absolute Gasteiger partial charge is 0.282 e. The molecule has 96 valence electrons. The molecule has 0 saturated carbocycles. The molecule has 5 heteroatoms. The van der Waals surface area contributed by atoms with Crippen LogP contribution in [0.1, 0.15) is 31.7 Å². The summed E-state index contributed by atoms with van der Waals surface area (Å²) in [5.41, 5.74) is 1.05. The average molecular weight is 277 g/mol. The van der Waals surface area contributed by atoms with E-state index in [1.54, 1.807) is 12.1 Å². The topological polar surface area (TPSA) is 54.4 Å². The van der Waals surface area contributed by atoms with Crippen LogP contribution in [-0.4, -0.2) is 18.3 Å². The first-order valence-corrected chi connectivity index (χ1v) is 7.51. The van der Waals surface area contributed by atoms with Crippen molar-refractivity contribution >= 4 is 21.7 Å². The van der Waals surface area contributed by atoms with E-state index < -0.39 is 10.1 Å². The van der Waals surface area contributed by atoms with Gasteiger partial charge in [0.25, 0.3) is 10.1 Å². The minimum atomic E-state index is -4.08. The van der Waals surface area contributed by atoms with Crippen LogP contribution in [0.25, 0.3) is 0 Å². The molecular formula is C12H17ClO3S. The highest BCUT2D eigenvalue weighted by Crippen LogP contribution is 2.15. The molecule has 0 radical (unpaired) electrons. The van der Waals surface area contributed by atoms with Crippen LogP contribution in [0.3, 0.4) is 0 Å². The van der Waals surface area contributed by atoms with Gasteiger partial charge in [0.2, 0.25) is 0 Å². The number of hydrogen-bond acceptors (Lipinski definition) is 2. The lowest BCUT2D eigenvalue weighted by atomic mass is 10.1. The van der Waals surface area contributed by atoms with E-state index in [0.717, 1.165) is 31.2 Å². The maximum atomic E-state index is 10.8. The van der Waals surface area contributed by atoms with Crippen molar-refractivity contribution in [2.75, 3.05) is 0 Å². The normalized spacial score (nSPS) is 13.6. The number of halogens is 1. The molecule has 0 fully saturated rings. The third-order valence-electron chi connectivity index (χ3n) is 2.65. The minimum absolute atomic E-state index is 0.0648. The van der Waals surface area contributed by atoms with E-state index in [9.17, 15) is 8.42 Å². The van der Waals surface area contributed by atoms with Gasteiger partial charge >= 0.3 is 0 Å². The Balaban J connectivity index is 2.52. The first-order valence-electron chi connectivity index (χ1n) is 5.64. The fourth-order valence-corrected chi connectivity index (χ4v) is 2.19. The summed E-state index contributed by atoms with van der Waals surface area (Å²) in [4.78, 5) is -0.0648. The van der Waals surface area contributed by atoms with Crippen LogP contribution in [0.4, 0.5) is 0 Å². The number of aryl methyl sites for hydroxylation is 1. The van der Waals surface area contributed by atoms with Crippen LogP contribution in [-0.2, 0) is 16.5 Å². The zero-order valence-corrected chi connectivity index (χ0v) is 11.3. The Labute approximate surface area is 108 Å². The standard InChI is InChI=1S/C12H17ClO3S/c1-2-11(13)5-3-4-10-6-8-12(9-7-10)17(14,15)16/h6-9,11H,2-5H2,1H3,(H,14,15,16). The second-order valence-electron chi connectivity index (χ2n) is 4.02.